The molecule has 1 fully saturated rings. The van der Waals surface area contributed by atoms with Crippen molar-refractivity contribution >= 4 is 27.3 Å². The molecule has 1 aliphatic heterocycles. The number of rotatable bonds is 9. The lowest BCUT2D eigenvalue weighted by molar-refractivity contribution is -0.114. The number of unbranched alkanes of at least 4 members (excludes halogenated alkanes) is 1. The van der Waals surface area contributed by atoms with Gasteiger partial charge in [0.25, 0.3) is 0 Å². The zero-order valence-corrected chi connectivity index (χ0v) is 17.7. The number of sulfonamides is 1. The standard InChI is InChI=1S/C22H29N3O3S/c1-2-3-7-18-10-12-19(13-11-18)24-22(26)17-23-20-8-6-9-21(16-20)29(27,28)25-14-4-5-15-25/h6,8-13,16,23H,2-5,7,14-15,17H2,1H3,(H,24,26). The largest absolute Gasteiger partial charge is 0.376 e. The van der Waals surface area contributed by atoms with Crippen molar-refractivity contribution in [2.75, 3.05) is 30.3 Å². The Balaban J connectivity index is 1.55. The Morgan fingerprint density at radius 2 is 1.76 bits per heavy atom. The second kappa shape index (κ2) is 9.89. The van der Waals surface area contributed by atoms with Crippen molar-refractivity contribution in [1.82, 2.24) is 4.31 Å². The van der Waals surface area contributed by atoms with Gasteiger partial charge in [0.2, 0.25) is 15.9 Å². The minimum Gasteiger partial charge on any atom is -0.376 e. The second-order valence-corrected chi connectivity index (χ2v) is 9.28. The van der Waals surface area contributed by atoms with E-state index in [4.69, 9.17) is 0 Å². The van der Waals surface area contributed by atoms with Gasteiger partial charge in [-0.15, -0.1) is 0 Å². The van der Waals surface area contributed by atoms with Crippen LogP contribution in [-0.2, 0) is 21.2 Å². The van der Waals surface area contributed by atoms with E-state index in [1.165, 1.54) is 9.87 Å². The molecule has 0 aliphatic carbocycles. The average Bonchev–Trinajstić information content (AvgIpc) is 3.28. The van der Waals surface area contributed by atoms with Crippen LogP contribution in [0.3, 0.4) is 0 Å². The second-order valence-electron chi connectivity index (χ2n) is 7.34. The third-order valence-electron chi connectivity index (χ3n) is 5.05. The number of hydrogen-bond acceptors (Lipinski definition) is 4. The summed E-state index contributed by atoms with van der Waals surface area (Å²) in [4.78, 5) is 12.5. The number of amides is 1. The summed E-state index contributed by atoms with van der Waals surface area (Å²) in [6.45, 7) is 3.36. The monoisotopic (exact) mass is 415 g/mol. The Kier molecular flexibility index (Phi) is 7.28. The predicted molar refractivity (Wildman–Crippen MR) is 117 cm³/mol. The molecule has 29 heavy (non-hydrogen) atoms. The molecular weight excluding hydrogens is 386 g/mol. The topological polar surface area (TPSA) is 78.5 Å². The minimum absolute atomic E-state index is 0.0603. The fourth-order valence-corrected chi connectivity index (χ4v) is 4.93. The summed E-state index contributed by atoms with van der Waals surface area (Å²) in [7, 11) is -3.47. The molecule has 1 saturated heterocycles. The van der Waals surface area contributed by atoms with Crippen LogP contribution >= 0.6 is 0 Å². The van der Waals surface area contributed by atoms with E-state index in [2.05, 4.69) is 17.6 Å². The Labute approximate surface area is 173 Å². The van der Waals surface area contributed by atoms with E-state index < -0.39 is 10.0 Å². The molecular formula is C22H29N3O3S. The number of benzene rings is 2. The van der Waals surface area contributed by atoms with Gasteiger partial charge in [-0.25, -0.2) is 8.42 Å². The van der Waals surface area contributed by atoms with Gasteiger partial charge in [-0.3, -0.25) is 4.79 Å². The maximum atomic E-state index is 12.7. The van der Waals surface area contributed by atoms with E-state index in [9.17, 15) is 13.2 Å². The van der Waals surface area contributed by atoms with Gasteiger partial charge < -0.3 is 10.6 Å². The van der Waals surface area contributed by atoms with Crippen LogP contribution in [0.25, 0.3) is 0 Å². The van der Waals surface area contributed by atoms with Crippen LogP contribution in [0.4, 0.5) is 11.4 Å². The number of anilines is 2. The lowest BCUT2D eigenvalue weighted by Crippen LogP contribution is -2.28. The summed E-state index contributed by atoms with van der Waals surface area (Å²) < 4.78 is 26.9. The number of carbonyl (C=O) groups is 1. The van der Waals surface area contributed by atoms with Crippen molar-refractivity contribution in [3.8, 4) is 0 Å². The highest BCUT2D eigenvalue weighted by Crippen LogP contribution is 2.23. The van der Waals surface area contributed by atoms with Crippen molar-refractivity contribution in [3.63, 3.8) is 0 Å². The quantitative estimate of drug-likeness (QED) is 0.652. The van der Waals surface area contributed by atoms with E-state index in [1.54, 1.807) is 24.3 Å². The first kappa shape index (κ1) is 21.3. The number of nitrogens with one attached hydrogen (secondary N) is 2. The van der Waals surface area contributed by atoms with Gasteiger partial charge in [0.05, 0.1) is 11.4 Å². The highest BCUT2D eigenvalue weighted by atomic mass is 32.2. The smallest absolute Gasteiger partial charge is 0.243 e. The van der Waals surface area contributed by atoms with Gasteiger partial charge in [-0.1, -0.05) is 31.5 Å². The molecule has 2 aromatic carbocycles. The molecule has 1 heterocycles. The first-order valence-electron chi connectivity index (χ1n) is 10.2. The third kappa shape index (κ3) is 5.81. The zero-order chi connectivity index (χ0) is 20.7. The zero-order valence-electron chi connectivity index (χ0n) is 16.9. The molecule has 2 aromatic rings. The van der Waals surface area contributed by atoms with Crippen LogP contribution in [0.15, 0.2) is 53.4 Å². The number of carbonyl (C=O) groups excluding carboxylic acids is 1. The molecule has 0 bridgehead atoms. The number of nitrogens with zero attached hydrogens (tertiary/aromatic N) is 1. The van der Waals surface area contributed by atoms with Crippen LogP contribution in [-0.4, -0.2) is 38.3 Å². The highest BCUT2D eigenvalue weighted by molar-refractivity contribution is 7.89. The molecule has 0 spiro atoms. The fraction of sp³-hybridized carbons (Fsp3) is 0.409. The molecule has 0 aromatic heterocycles. The molecule has 156 valence electrons. The maximum Gasteiger partial charge on any atom is 0.243 e. The van der Waals surface area contributed by atoms with Gasteiger partial charge in [0.1, 0.15) is 0 Å². The van der Waals surface area contributed by atoms with Crippen molar-refractivity contribution < 1.29 is 13.2 Å². The van der Waals surface area contributed by atoms with E-state index >= 15 is 0 Å². The molecule has 0 saturated carbocycles. The van der Waals surface area contributed by atoms with E-state index in [-0.39, 0.29) is 17.3 Å². The third-order valence-corrected chi connectivity index (χ3v) is 6.94. The first-order chi connectivity index (χ1) is 14.0. The van der Waals surface area contributed by atoms with Gasteiger partial charge in [0, 0.05) is 24.5 Å². The summed E-state index contributed by atoms with van der Waals surface area (Å²) in [6, 6.07) is 14.5. The normalized spacial score (nSPS) is 14.7. The Bertz CT molecular complexity index is 921. The van der Waals surface area contributed by atoms with Gasteiger partial charge in [-0.05, 0) is 61.6 Å². The Morgan fingerprint density at radius 3 is 2.45 bits per heavy atom. The van der Waals surface area contributed by atoms with Gasteiger partial charge >= 0.3 is 0 Å². The summed E-state index contributed by atoms with van der Waals surface area (Å²) in [5, 5.41) is 5.87. The molecule has 1 amide bonds. The summed E-state index contributed by atoms with van der Waals surface area (Å²) in [6.07, 6.45) is 5.16. The van der Waals surface area contributed by atoms with Crippen molar-refractivity contribution in [3.05, 3.63) is 54.1 Å². The molecule has 3 rings (SSSR count). The van der Waals surface area contributed by atoms with E-state index in [1.807, 2.05) is 24.3 Å². The van der Waals surface area contributed by atoms with E-state index in [0.717, 1.165) is 37.8 Å². The lowest BCUT2D eigenvalue weighted by atomic mass is 10.1. The minimum atomic E-state index is -3.47. The molecule has 2 N–H and O–H groups in total. The Morgan fingerprint density at radius 1 is 1.03 bits per heavy atom. The molecule has 7 heteroatoms. The maximum absolute atomic E-state index is 12.7. The van der Waals surface area contributed by atoms with Crippen molar-refractivity contribution in [2.24, 2.45) is 0 Å². The van der Waals surface area contributed by atoms with Crippen LogP contribution in [0.1, 0.15) is 38.2 Å². The van der Waals surface area contributed by atoms with Crippen LogP contribution < -0.4 is 10.6 Å². The summed E-state index contributed by atoms with van der Waals surface area (Å²) >= 11 is 0. The SMILES string of the molecule is CCCCc1ccc(NC(=O)CNc2cccc(S(=O)(=O)N3CCCC3)c2)cc1. The Hall–Kier alpha value is -2.38. The molecule has 1 aliphatic rings. The van der Waals surface area contributed by atoms with Crippen LogP contribution in [0, 0.1) is 0 Å². The number of aryl methyl sites for hydroxylation is 1. The summed E-state index contributed by atoms with van der Waals surface area (Å²) in [5.41, 5.74) is 2.62. The predicted octanol–water partition coefficient (Wildman–Crippen LogP) is 3.86. The van der Waals surface area contributed by atoms with Gasteiger partial charge in [-0.2, -0.15) is 4.31 Å². The highest BCUT2D eigenvalue weighted by Gasteiger charge is 2.27. The average molecular weight is 416 g/mol. The van der Waals surface area contributed by atoms with Crippen LogP contribution in [0.5, 0.6) is 0 Å². The molecule has 0 radical (unpaired) electrons. The fourth-order valence-electron chi connectivity index (χ4n) is 3.37. The summed E-state index contributed by atoms with van der Waals surface area (Å²) in [5.74, 6) is -0.181. The van der Waals surface area contributed by atoms with E-state index in [0.29, 0.717) is 18.8 Å². The molecule has 0 unspecified atom stereocenters. The lowest BCUT2D eigenvalue weighted by Gasteiger charge is -2.16. The van der Waals surface area contributed by atoms with Gasteiger partial charge in [0.15, 0.2) is 0 Å². The first-order valence-corrected chi connectivity index (χ1v) is 11.7. The van der Waals surface area contributed by atoms with Crippen molar-refractivity contribution in [2.45, 2.75) is 43.9 Å². The molecule has 6 nitrogen and oxygen atoms in total. The van der Waals surface area contributed by atoms with Crippen molar-refractivity contribution in [1.29, 1.82) is 0 Å². The van der Waals surface area contributed by atoms with Crippen LogP contribution in [0.2, 0.25) is 0 Å². The number of hydrogen-bond donors (Lipinski definition) is 2. The molecule has 0 atom stereocenters.